The molecule has 0 bridgehead atoms. The second-order valence-electron chi connectivity index (χ2n) is 2.27. The monoisotopic (exact) mass is 316 g/mol. The first-order valence-electron chi connectivity index (χ1n) is 3.29. The van der Waals surface area contributed by atoms with E-state index < -0.39 is 11.9 Å². The molecule has 0 aliphatic heterocycles. The Morgan fingerprint density at radius 3 is 2.14 bits per heavy atom. The number of benzene rings is 1. The van der Waals surface area contributed by atoms with Crippen LogP contribution >= 0.6 is 22.6 Å². The van der Waals surface area contributed by atoms with Crippen LogP contribution < -0.4 is 29.6 Å². The molecule has 0 aliphatic carbocycles. The van der Waals surface area contributed by atoms with E-state index in [9.17, 15) is 9.59 Å². The van der Waals surface area contributed by atoms with E-state index in [-0.39, 0.29) is 42.1 Å². The summed E-state index contributed by atoms with van der Waals surface area (Å²) in [6.45, 7) is 0. The summed E-state index contributed by atoms with van der Waals surface area (Å²) in [6, 6.07) is 4.34. The van der Waals surface area contributed by atoms with Gasteiger partial charge < -0.3 is 11.6 Å². The normalized spacial score (nSPS) is 8.93. The first kappa shape index (κ1) is 13.9. The molecule has 4 nitrogen and oxygen atoms in total. The van der Waals surface area contributed by atoms with Crippen LogP contribution in [0.5, 0.6) is 0 Å². The molecule has 14 heavy (non-hydrogen) atoms. The molecule has 0 saturated carbocycles. The molecule has 0 atom stereocenters. The van der Waals surface area contributed by atoms with Crippen molar-refractivity contribution in [2.75, 3.05) is 0 Å². The van der Waals surface area contributed by atoms with Crippen molar-refractivity contribution in [1.82, 2.24) is 0 Å². The summed E-state index contributed by atoms with van der Waals surface area (Å²) in [5.74, 6) is -2.45. The maximum atomic E-state index is 10.7. The molecule has 0 aliphatic rings. The van der Waals surface area contributed by atoms with Crippen molar-refractivity contribution >= 4 is 34.5 Å². The number of aromatic carboxylic acids is 2. The molecule has 1 rings (SSSR count). The number of halogens is 1. The first-order chi connectivity index (χ1) is 6.04. The van der Waals surface area contributed by atoms with Gasteiger partial charge in [0.2, 0.25) is 0 Å². The van der Waals surface area contributed by atoms with E-state index in [1.165, 1.54) is 12.1 Å². The first-order valence-corrected chi connectivity index (χ1v) is 4.37. The standard InChI is InChI=1S/C8H5IO4.Na.H/c9-5-3-1-2-4(7(10)11)6(5)8(12)13;;/h1-3H,(H,10,11)(H,12,13);;/q;+1;-1. The maximum Gasteiger partial charge on any atom is 1.00 e. The van der Waals surface area contributed by atoms with Crippen LogP contribution in [0.4, 0.5) is 0 Å². The molecule has 0 spiro atoms. The molecule has 2 N–H and O–H groups in total. The molecule has 0 unspecified atom stereocenters. The average Bonchev–Trinajstić information content (AvgIpc) is 2.02. The van der Waals surface area contributed by atoms with Gasteiger partial charge >= 0.3 is 41.5 Å². The van der Waals surface area contributed by atoms with Gasteiger partial charge in [-0.1, -0.05) is 6.07 Å². The Morgan fingerprint density at radius 1 is 1.21 bits per heavy atom. The van der Waals surface area contributed by atoms with Gasteiger partial charge in [0.1, 0.15) is 0 Å². The molecule has 1 aromatic rings. The van der Waals surface area contributed by atoms with E-state index in [2.05, 4.69) is 0 Å². The molecule has 0 fully saturated rings. The summed E-state index contributed by atoms with van der Waals surface area (Å²) < 4.78 is 0.421. The Balaban J connectivity index is 0. The Labute approximate surface area is 117 Å². The third-order valence-electron chi connectivity index (χ3n) is 1.46. The summed E-state index contributed by atoms with van der Waals surface area (Å²) in [4.78, 5) is 21.3. The van der Waals surface area contributed by atoms with E-state index >= 15 is 0 Å². The predicted molar refractivity (Wildman–Crippen MR) is 54.2 cm³/mol. The van der Waals surface area contributed by atoms with Crippen LogP contribution in [-0.4, -0.2) is 22.2 Å². The Bertz CT molecular complexity index is 383. The fourth-order valence-electron chi connectivity index (χ4n) is 0.920. The molecule has 0 heterocycles. The number of carboxylic acid groups (broad SMARTS) is 2. The second kappa shape index (κ2) is 5.69. The van der Waals surface area contributed by atoms with Crippen molar-refractivity contribution in [1.29, 1.82) is 0 Å². The zero-order valence-corrected chi connectivity index (χ0v) is 11.5. The number of hydrogen-bond donors (Lipinski definition) is 2. The molecule has 6 heteroatoms. The van der Waals surface area contributed by atoms with Crippen LogP contribution in [0.25, 0.3) is 0 Å². The number of hydrogen-bond acceptors (Lipinski definition) is 2. The Hall–Kier alpha value is -0.110. The van der Waals surface area contributed by atoms with Crippen molar-refractivity contribution in [2.45, 2.75) is 0 Å². The van der Waals surface area contributed by atoms with Crippen LogP contribution in [0, 0.1) is 3.57 Å². The average molecular weight is 316 g/mol. The fourth-order valence-corrected chi connectivity index (χ4v) is 1.65. The quantitative estimate of drug-likeness (QED) is 0.531. The van der Waals surface area contributed by atoms with Crippen LogP contribution in [0.3, 0.4) is 0 Å². The number of rotatable bonds is 2. The van der Waals surface area contributed by atoms with Gasteiger partial charge in [-0.3, -0.25) is 0 Å². The van der Waals surface area contributed by atoms with Crippen LogP contribution in [0.15, 0.2) is 18.2 Å². The van der Waals surface area contributed by atoms with Gasteiger partial charge in [-0.05, 0) is 34.7 Å². The molecular formula is C8H6INaO4. The number of carboxylic acids is 2. The van der Waals surface area contributed by atoms with Gasteiger partial charge in [0.05, 0.1) is 11.1 Å². The summed E-state index contributed by atoms with van der Waals surface area (Å²) >= 11 is 1.79. The largest absolute Gasteiger partial charge is 1.00 e. The second-order valence-corrected chi connectivity index (χ2v) is 3.43. The molecule has 0 aromatic heterocycles. The minimum absolute atomic E-state index is 0. The molecule has 0 amide bonds. The summed E-state index contributed by atoms with van der Waals surface area (Å²) in [5.41, 5.74) is -0.338. The third kappa shape index (κ3) is 2.94. The van der Waals surface area contributed by atoms with Crippen molar-refractivity contribution in [3.05, 3.63) is 32.9 Å². The van der Waals surface area contributed by atoms with Crippen LogP contribution in [0.2, 0.25) is 0 Å². The fraction of sp³-hybridized carbons (Fsp3) is 0. The topological polar surface area (TPSA) is 74.6 Å². The van der Waals surface area contributed by atoms with E-state index in [0.29, 0.717) is 3.57 Å². The van der Waals surface area contributed by atoms with Crippen molar-refractivity contribution in [3.63, 3.8) is 0 Å². The van der Waals surface area contributed by atoms with Gasteiger partial charge in [-0.15, -0.1) is 0 Å². The Kier molecular flexibility index (Phi) is 5.65. The molecular weight excluding hydrogens is 310 g/mol. The van der Waals surface area contributed by atoms with Gasteiger partial charge in [0.25, 0.3) is 0 Å². The summed E-state index contributed by atoms with van der Waals surface area (Å²) in [5, 5.41) is 17.4. The van der Waals surface area contributed by atoms with Crippen molar-refractivity contribution < 1.29 is 50.8 Å². The van der Waals surface area contributed by atoms with Gasteiger partial charge in [0.15, 0.2) is 0 Å². The maximum absolute atomic E-state index is 10.7. The van der Waals surface area contributed by atoms with E-state index in [4.69, 9.17) is 10.2 Å². The summed E-state index contributed by atoms with van der Waals surface area (Å²) in [7, 11) is 0. The minimum Gasteiger partial charge on any atom is -1.00 e. The molecule has 70 valence electrons. The third-order valence-corrected chi connectivity index (χ3v) is 2.36. The van der Waals surface area contributed by atoms with E-state index in [0.717, 1.165) is 0 Å². The zero-order chi connectivity index (χ0) is 10.0. The minimum atomic E-state index is -1.23. The molecule has 0 saturated heterocycles. The van der Waals surface area contributed by atoms with Crippen LogP contribution in [-0.2, 0) is 0 Å². The summed E-state index contributed by atoms with van der Waals surface area (Å²) in [6.07, 6.45) is 0. The van der Waals surface area contributed by atoms with Gasteiger partial charge in [-0.2, -0.15) is 0 Å². The van der Waals surface area contributed by atoms with E-state index in [1.54, 1.807) is 28.7 Å². The van der Waals surface area contributed by atoms with Gasteiger partial charge in [0, 0.05) is 3.57 Å². The smallest absolute Gasteiger partial charge is 1.00 e. The van der Waals surface area contributed by atoms with E-state index in [1.807, 2.05) is 0 Å². The predicted octanol–water partition coefficient (Wildman–Crippen LogP) is -1.20. The van der Waals surface area contributed by atoms with Crippen molar-refractivity contribution in [2.24, 2.45) is 0 Å². The van der Waals surface area contributed by atoms with Gasteiger partial charge in [-0.25, -0.2) is 9.59 Å². The SMILES string of the molecule is O=C(O)c1cccc(I)c1C(=O)O.[H-].[Na+]. The zero-order valence-electron chi connectivity index (χ0n) is 8.32. The van der Waals surface area contributed by atoms with Crippen molar-refractivity contribution in [3.8, 4) is 0 Å². The van der Waals surface area contributed by atoms with Crippen LogP contribution in [0.1, 0.15) is 22.1 Å². The molecule has 1 aromatic carbocycles. The number of carbonyl (C=O) groups is 2. The molecule has 0 radical (unpaired) electrons. The Morgan fingerprint density at radius 2 is 1.79 bits per heavy atom.